The van der Waals surface area contributed by atoms with Gasteiger partial charge in [0.15, 0.2) is 0 Å². The van der Waals surface area contributed by atoms with E-state index >= 15 is 0 Å². The van der Waals surface area contributed by atoms with Crippen LogP contribution in [0.25, 0.3) is 11.0 Å². The summed E-state index contributed by atoms with van der Waals surface area (Å²) in [5.74, 6) is -0.651. The zero-order valence-electron chi connectivity index (χ0n) is 24.0. The minimum Gasteiger partial charge on any atom is -0.351 e. The third-order valence-electron chi connectivity index (χ3n) is 8.37. The monoisotopic (exact) mass is 600 g/mol. The van der Waals surface area contributed by atoms with Gasteiger partial charge in [-0.3, -0.25) is 14.5 Å². The van der Waals surface area contributed by atoms with E-state index in [9.17, 15) is 18.0 Å². The van der Waals surface area contributed by atoms with Crippen LogP contribution in [0.4, 0.5) is 5.69 Å². The van der Waals surface area contributed by atoms with Crippen molar-refractivity contribution in [1.82, 2.24) is 24.6 Å². The summed E-state index contributed by atoms with van der Waals surface area (Å²) in [6.07, 6.45) is 6.73. The van der Waals surface area contributed by atoms with E-state index in [0.29, 0.717) is 35.4 Å². The summed E-state index contributed by atoms with van der Waals surface area (Å²) < 4.78 is 29.5. The number of para-hydroxylation sites is 1. The highest BCUT2D eigenvalue weighted by Crippen LogP contribution is 2.31. The molecule has 0 bridgehead atoms. The second-order valence-corrected chi connectivity index (χ2v) is 13.2. The first-order valence-corrected chi connectivity index (χ1v) is 16.4. The third-order valence-corrected chi connectivity index (χ3v) is 10.3. The molecule has 2 aliphatic rings. The molecule has 10 nitrogen and oxygen atoms in total. The maximum absolute atomic E-state index is 14.3. The largest absolute Gasteiger partial charge is 0.351 e. The molecule has 0 radical (unpaired) electrons. The van der Waals surface area contributed by atoms with Crippen LogP contribution in [-0.2, 0) is 26.2 Å². The van der Waals surface area contributed by atoms with Gasteiger partial charge < -0.3 is 5.32 Å². The molecule has 0 spiro atoms. The van der Waals surface area contributed by atoms with Crippen LogP contribution in [0.1, 0.15) is 56.6 Å². The van der Waals surface area contributed by atoms with Gasteiger partial charge in [-0.2, -0.15) is 4.31 Å². The number of rotatable bonds is 9. The van der Waals surface area contributed by atoms with Gasteiger partial charge in [0, 0.05) is 24.8 Å². The van der Waals surface area contributed by atoms with E-state index in [1.54, 1.807) is 12.1 Å². The molecule has 1 aliphatic heterocycles. The standard InChI is InChI=1S/C32H36N6O4S/c39-30(23-37-29-16-8-7-15-28(29)34-35-37)38(26-17-19-27(20-18-26)43(41,42)36-21-9-10-22-36)31(24-11-3-1-4-12-24)32(40)33-25-13-5-2-6-14-25/h1,3-4,7-8,11-12,15-20,25,31H,2,5-6,9-10,13-14,21-23H2,(H,33,40). The number of fused-ring (bicyclic) bond motifs is 1. The average molecular weight is 601 g/mol. The van der Waals surface area contributed by atoms with Gasteiger partial charge in [-0.05, 0) is 67.6 Å². The highest BCUT2D eigenvalue weighted by molar-refractivity contribution is 7.89. The Kier molecular flexibility index (Phi) is 8.53. The lowest BCUT2D eigenvalue weighted by molar-refractivity contribution is -0.127. The predicted molar refractivity (Wildman–Crippen MR) is 164 cm³/mol. The molecule has 1 saturated heterocycles. The molecule has 4 aromatic rings. The predicted octanol–water partition coefficient (Wildman–Crippen LogP) is 4.44. The Labute approximate surface area is 251 Å². The van der Waals surface area contributed by atoms with Crippen LogP contribution >= 0.6 is 0 Å². The van der Waals surface area contributed by atoms with Crippen LogP contribution in [0.3, 0.4) is 0 Å². The molecule has 43 heavy (non-hydrogen) atoms. The molecular formula is C32H36N6O4S. The molecule has 1 saturated carbocycles. The van der Waals surface area contributed by atoms with Gasteiger partial charge in [-0.15, -0.1) is 5.10 Å². The van der Waals surface area contributed by atoms with Gasteiger partial charge in [-0.1, -0.05) is 66.9 Å². The van der Waals surface area contributed by atoms with E-state index in [-0.39, 0.29) is 29.3 Å². The molecular weight excluding hydrogens is 564 g/mol. The van der Waals surface area contributed by atoms with Crippen molar-refractivity contribution in [2.24, 2.45) is 0 Å². The van der Waals surface area contributed by atoms with Crippen molar-refractivity contribution in [2.75, 3.05) is 18.0 Å². The first-order chi connectivity index (χ1) is 20.9. The van der Waals surface area contributed by atoms with Gasteiger partial charge in [0.05, 0.1) is 10.4 Å². The summed E-state index contributed by atoms with van der Waals surface area (Å²) >= 11 is 0. The van der Waals surface area contributed by atoms with E-state index in [4.69, 9.17) is 0 Å². The molecule has 1 atom stereocenters. The van der Waals surface area contributed by atoms with Crippen molar-refractivity contribution in [2.45, 2.75) is 68.5 Å². The SMILES string of the molecule is O=C(NC1CCCCC1)C(c1ccccc1)N(C(=O)Cn1nnc2ccccc21)c1ccc(S(=O)(=O)N2CCCC2)cc1. The lowest BCUT2D eigenvalue weighted by Gasteiger charge is -2.33. The van der Waals surface area contributed by atoms with Gasteiger partial charge in [0.1, 0.15) is 18.1 Å². The van der Waals surface area contributed by atoms with Crippen molar-refractivity contribution < 1.29 is 18.0 Å². The van der Waals surface area contributed by atoms with Crippen molar-refractivity contribution in [3.05, 3.63) is 84.4 Å². The number of nitrogens with zero attached hydrogens (tertiary/aromatic N) is 5. The van der Waals surface area contributed by atoms with Crippen LogP contribution in [-0.4, -0.2) is 58.7 Å². The molecule has 1 unspecified atom stereocenters. The van der Waals surface area contributed by atoms with Crippen LogP contribution < -0.4 is 10.2 Å². The number of carbonyl (C=O) groups is 2. The van der Waals surface area contributed by atoms with Crippen molar-refractivity contribution in [1.29, 1.82) is 0 Å². The lowest BCUT2D eigenvalue weighted by atomic mass is 9.94. The molecule has 1 aromatic heterocycles. The maximum Gasteiger partial charge on any atom is 0.249 e. The molecule has 11 heteroatoms. The van der Waals surface area contributed by atoms with Crippen LogP contribution in [0.2, 0.25) is 0 Å². The summed E-state index contributed by atoms with van der Waals surface area (Å²) in [7, 11) is -3.65. The Morgan fingerprint density at radius 3 is 2.26 bits per heavy atom. The van der Waals surface area contributed by atoms with Crippen molar-refractivity contribution in [3.63, 3.8) is 0 Å². The van der Waals surface area contributed by atoms with Crippen LogP contribution in [0.5, 0.6) is 0 Å². The molecule has 2 heterocycles. The summed E-state index contributed by atoms with van der Waals surface area (Å²) in [6, 6.07) is 21.9. The number of hydrogen-bond acceptors (Lipinski definition) is 6. The number of benzene rings is 3. The van der Waals surface area contributed by atoms with E-state index in [0.717, 1.165) is 44.9 Å². The smallest absolute Gasteiger partial charge is 0.249 e. The minimum atomic E-state index is -3.65. The topological polar surface area (TPSA) is 117 Å². The van der Waals surface area contributed by atoms with Gasteiger partial charge >= 0.3 is 0 Å². The quantitative estimate of drug-likeness (QED) is 0.304. The van der Waals surface area contributed by atoms with Crippen LogP contribution in [0.15, 0.2) is 83.8 Å². The van der Waals surface area contributed by atoms with E-state index in [1.807, 2.05) is 54.6 Å². The summed E-state index contributed by atoms with van der Waals surface area (Å²) in [4.78, 5) is 30.0. The fourth-order valence-corrected chi connectivity index (χ4v) is 7.63. The first-order valence-electron chi connectivity index (χ1n) is 15.0. The average Bonchev–Trinajstić information content (AvgIpc) is 3.72. The number of anilines is 1. The zero-order chi connectivity index (χ0) is 29.8. The minimum absolute atomic E-state index is 0.0386. The second kappa shape index (κ2) is 12.6. The number of nitrogens with one attached hydrogen (secondary N) is 1. The summed E-state index contributed by atoms with van der Waals surface area (Å²) in [5, 5.41) is 11.6. The Hall–Kier alpha value is -4.09. The molecule has 3 aromatic carbocycles. The first kappa shape index (κ1) is 29.0. The number of hydrogen-bond donors (Lipinski definition) is 1. The number of amides is 2. The van der Waals surface area contributed by atoms with Gasteiger partial charge in [-0.25, -0.2) is 13.1 Å². The van der Waals surface area contributed by atoms with E-state index in [1.165, 1.54) is 26.0 Å². The Bertz CT molecular complexity index is 1680. The second-order valence-electron chi connectivity index (χ2n) is 11.3. The Morgan fingerprint density at radius 1 is 0.860 bits per heavy atom. The molecule has 1 N–H and O–H groups in total. The molecule has 2 fully saturated rings. The van der Waals surface area contributed by atoms with E-state index < -0.39 is 16.1 Å². The number of sulfonamides is 1. The van der Waals surface area contributed by atoms with E-state index in [2.05, 4.69) is 15.6 Å². The highest BCUT2D eigenvalue weighted by atomic mass is 32.2. The molecule has 2 amide bonds. The van der Waals surface area contributed by atoms with Crippen LogP contribution in [0, 0.1) is 0 Å². The Morgan fingerprint density at radius 2 is 1.53 bits per heavy atom. The lowest BCUT2D eigenvalue weighted by Crippen LogP contribution is -2.48. The fourth-order valence-electron chi connectivity index (χ4n) is 6.11. The fraction of sp³-hybridized carbons (Fsp3) is 0.375. The third kappa shape index (κ3) is 6.18. The summed E-state index contributed by atoms with van der Waals surface area (Å²) in [6.45, 7) is 0.838. The zero-order valence-corrected chi connectivity index (χ0v) is 24.8. The molecule has 1 aliphatic carbocycles. The molecule has 224 valence electrons. The Balaban J connectivity index is 1.39. The maximum atomic E-state index is 14.3. The normalized spacial score (nSPS) is 17.1. The highest BCUT2D eigenvalue weighted by Gasteiger charge is 2.35. The van der Waals surface area contributed by atoms with Gasteiger partial charge in [0.2, 0.25) is 21.8 Å². The number of aromatic nitrogens is 3. The van der Waals surface area contributed by atoms with Crippen molar-refractivity contribution >= 4 is 38.6 Å². The van der Waals surface area contributed by atoms with Gasteiger partial charge in [0.25, 0.3) is 0 Å². The number of carbonyl (C=O) groups excluding carboxylic acids is 2. The van der Waals surface area contributed by atoms with Crippen molar-refractivity contribution in [3.8, 4) is 0 Å². The summed E-state index contributed by atoms with van der Waals surface area (Å²) in [5.41, 5.74) is 2.43. The molecule has 6 rings (SSSR count).